The average Bonchev–Trinajstić information content (AvgIpc) is 4.08. The van der Waals surface area contributed by atoms with Crippen LogP contribution in [0.3, 0.4) is 0 Å². The largest absolute Gasteiger partial charge is 0.508 e. The molecule has 0 radical (unpaired) electrons. The summed E-state index contributed by atoms with van der Waals surface area (Å²) in [6, 6.07) is 31.2. The lowest BCUT2D eigenvalue weighted by molar-refractivity contribution is -0.144. The van der Waals surface area contributed by atoms with Crippen LogP contribution in [0.15, 0.2) is 126 Å². The molecule has 3 heterocycles. The summed E-state index contributed by atoms with van der Waals surface area (Å²) in [6.45, 7) is 9.58. The number of hydrogen-bond donors (Lipinski definition) is 6. The molecule has 1 aliphatic rings. The second-order valence-electron chi connectivity index (χ2n) is 18.7. The number of likely N-dealkylation sites (tertiary alicyclic amines) is 1. The van der Waals surface area contributed by atoms with Crippen molar-refractivity contribution in [2.75, 3.05) is 13.2 Å². The van der Waals surface area contributed by atoms with Crippen LogP contribution < -0.4 is 25.5 Å². The van der Waals surface area contributed by atoms with Crippen molar-refractivity contribution >= 4 is 62.6 Å². The summed E-state index contributed by atoms with van der Waals surface area (Å²) in [7, 11) is 0. The number of aryl methyl sites for hydroxylation is 1. The Hall–Kier alpha value is -7.60. The molecule has 0 saturated carbocycles. The van der Waals surface area contributed by atoms with Gasteiger partial charge < -0.3 is 40.3 Å². The van der Waals surface area contributed by atoms with E-state index < -0.39 is 35.4 Å². The summed E-state index contributed by atoms with van der Waals surface area (Å²) in [5.41, 5.74) is 8.45. The predicted octanol–water partition coefficient (Wildman–Crippen LogP) is 9.50. The predicted molar refractivity (Wildman–Crippen MR) is 280 cm³/mol. The van der Waals surface area contributed by atoms with Crippen molar-refractivity contribution < 1.29 is 44.0 Å². The summed E-state index contributed by atoms with van der Waals surface area (Å²) in [4.78, 5) is 61.6. The van der Waals surface area contributed by atoms with Gasteiger partial charge in [-0.25, -0.2) is 10.4 Å². The molecule has 1 saturated heterocycles. The van der Waals surface area contributed by atoms with Gasteiger partial charge in [-0.05, 0) is 139 Å². The number of rotatable bonds is 17. The smallest absolute Gasteiger partial charge is 0.271 e. The number of amides is 4. The summed E-state index contributed by atoms with van der Waals surface area (Å²) in [5.74, 6) is 0.373. The third-order valence-electron chi connectivity index (χ3n) is 12.2. The van der Waals surface area contributed by atoms with Crippen molar-refractivity contribution in [1.29, 1.82) is 0 Å². The topological polar surface area (TPSA) is 212 Å². The summed E-state index contributed by atoms with van der Waals surface area (Å²) in [5, 5.41) is 41.4. The number of aromatic hydroxyl groups is 2. The van der Waals surface area contributed by atoms with Crippen LogP contribution in [-0.2, 0) is 14.4 Å². The molecule has 6 N–H and O–H groups in total. The van der Waals surface area contributed by atoms with Crippen LogP contribution >= 0.6 is 22.7 Å². The van der Waals surface area contributed by atoms with E-state index in [9.17, 15) is 34.5 Å². The number of thiophene rings is 1. The summed E-state index contributed by atoms with van der Waals surface area (Å²) in [6.07, 6.45) is 1.16. The third kappa shape index (κ3) is 12.3. The van der Waals surface area contributed by atoms with Gasteiger partial charge in [-0.15, -0.1) is 22.7 Å². The van der Waals surface area contributed by atoms with Crippen LogP contribution in [0.5, 0.6) is 28.7 Å². The zero-order valence-corrected chi connectivity index (χ0v) is 42.1. The number of ether oxygens (including phenoxy) is 2. The van der Waals surface area contributed by atoms with Gasteiger partial charge in [0.25, 0.3) is 5.91 Å². The first-order valence-corrected chi connectivity index (χ1v) is 25.2. The number of aliphatic hydroxyl groups is 1. The SMILES string of the molecule is Cc1ncsc1-c1ccc(C(C)NC(=O)C2CC(O)CN2C(=O)C(NC(=O)CCCOc2ccc(C=NNC(=O)c3ccc(Oc4c(-c5ccc(O)cc5)sc5cc(O)ccc45)cc3)cc2)C(C)(C)C)cc1. The van der Waals surface area contributed by atoms with E-state index in [1.807, 2.05) is 64.4 Å². The number of hydrazone groups is 1. The minimum absolute atomic E-state index is 0.0229. The molecule has 5 aromatic carbocycles. The number of nitrogens with zero attached hydrogens (tertiary/aromatic N) is 3. The fourth-order valence-corrected chi connectivity index (χ4v) is 10.3. The summed E-state index contributed by atoms with van der Waals surface area (Å²) >= 11 is 3.02. The van der Waals surface area contributed by atoms with Gasteiger partial charge in [0.1, 0.15) is 35.1 Å². The zero-order valence-electron chi connectivity index (χ0n) is 40.4. The minimum Gasteiger partial charge on any atom is -0.508 e. The van der Waals surface area contributed by atoms with E-state index in [0.717, 1.165) is 42.2 Å². The first-order valence-electron chi connectivity index (χ1n) is 23.5. The normalized spacial score (nSPS) is 15.6. The quantitative estimate of drug-likeness (QED) is 0.0289. The lowest BCUT2D eigenvalue weighted by atomic mass is 9.85. The Morgan fingerprint density at radius 3 is 2.21 bits per heavy atom. The molecule has 4 unspecified atom stereocenters. The molecule has 372 valence electrons. The molecule has 8 rings (SSSR count). The fraction of sp³-hybridized carbons (Fsp3) is 0.273. The Bertz CT molecular complexity index is 3070. The Morgan fingerprint density at radius 2 is 1.53 bits per heavy atom. The van der Waals surface area contributed by atoms with Crippen molar-refractivity contribution in [2.24, 2.45) is 10.5 Å². The van der Waals surface area contributed by atoms with Gasteiger partial charge in [0.2, 0.25) is 17.7 Å². The van der Waals surface area contributed by atoms with Crippen molar-refractivity contribution in [2.45, 2.75) is 78.1 Å². The van der Waals surface area contributed by atoms with Crippen LogP contribution in [0.1, 0.15) is 80.2 Å². The number of phenols is 2. The average molecular weight is 1010 g/mol. The monoisotopic (exact) mass is 1010 g/mol. The van der Waals surface area contributed by atoms with Crippen molar-refractivity contribution in [3.8, 4) is 49.6 Å². The van der Waals surface area contributed by atoms with Crippen molar-refractivity contribution in [3.05, 3.63) is 143 Å². The number of thiazole rings is 1. The fourth-order valence-electron chi connectivity index (χ4n) is 8.31. The zero-order chi connectivity index (χ0) is 51.1. The first kappa shape index (κ1) is 50.8. The van der Waals surface area contributed by atoms with Gasteiger partial charge in [-0.2, -0.15) is 5.10 Å². The molecule has 15 nitrogen and oxygen atoms in total. The van der Waals surface area contributed by atoms with E-state index in [0.29, 0.717) is 34.8 Å². The molecule has 0 bridgehead atoms. The van der Waals surface area contributed by atoms with Crippen molar-refractivity contribution in [3.63, 3.8) is 0 Å². The maximum Gasteiger partial charge on any atom is 0.271 e. The van der Waals surface area contributed by atoms with Gasteiger partial charge in [0.05, 0.1) is 45.9 Å². The molecule has 0 spiro atoms. The number of fused-ring (bicyclic) bond motifs is 1. The molecule has 1 fully saturated rings. The Morgan fingerprint density at radius 1 is 0.861 bits per heavy atom. The first-order chi connectivity index (χ1) is 34.5. The van der Waals surface area contributed by atoms with Gasteiger partial charge in [0, 0.05) is 35.0 Å². The minimum atomic E-state index is -0.949. The second kappa shape index (κ2) is 22.2. The maximum absolute atomic E-state index is 14.1. The Kier molecular flexibility index (Phi) is 15.7. The van der Waals surface area contributed by atoms with E-state index in [-0.39, 0.29) is 55.3 Å². The highest BCUT2D eigenvalue weighted by molar-refractivity contribution is 7.22. The van der Waals surface area contributed by atoms with E-state index in [4.69, 9.17) is 9.47 Å². The second-order valence-corrected chi connectivity index (χ2v) is 20.6. The number of carbonyl (C=O) groups excluding carboxylic acids is 4. The van der Waals surface area contributed by atoms with Gasteiger partial charge >= 0.3 is 0 Å². The molecule has 72 heavy (non-hydrogen) atoms. The highest BCUT2D eigenvalue weighted by atomic mass is 32.1. The van der Waals surface area contributed by atoms with Crippen LogP contribution in [0.2, 0.25) is 0 Å². The highest BCUT2D eigenvalue weighted by Crippen LogP contribution is 2.47. The molecule has 17 heteroatoms. The lowest BCUT2D eigenvalue weighted by Crippen LogP contribution is -2.57. The molecular formula is C55H56N6O9S2. The standard InChI is InChI=1S/C55H56N6O9S2/c1-32(35-10-12-36(13-11-35)49-33(2)56-31-71-49)58-53(67)45-27-41(64)30-61(45)54(68)51(55(3,4)5)59-47(65)7-6-26-69-42-21-8-34(9-22-42)29-57-60-52(66)38-16-23-43(24-17-38)70-48-44-25-20-40(63)28-46(44)72-50(48)37-14-18-39(62)19-15-37/h8-25,28-29,31-32,41,45,51,62-64H,6-7,26-27,30H2,1-5H3,(H,58,67)(H,59,65)(H,60,66). The number of phenolic OH excluding ortho intramolecular Hbond substituents is 2. The summed E-state index contributed by atoms with van der Waals surface area (Å²) < 4.78 is 13.1. The number of carbonyl (C=O) groups is 4. The molecule has 7 aromatic rings. The lowest BCUT2D eigenvalue weighted by Gasteiger charge is -2.35. The van der Waals surface area contributed by atoms with E-state index >= 15 is 0 Å². The third-order valence-corrected chi connectivity index (χ3v) is 14.4. The van der Waals surface area contributed by atoms with Gasteiger partial charge in [0.15, 0.2) is 5.75 Å². The van der Waals surface area contributed by atoms with E-state index in [1.54, 1.807) is 102 Å². The Balaban J connectivity index is 0.781. The van der Waals surface area contributed by atoms with Gasteiger partial charge in [-0.3, -0.25) is 19.2 Å². The Labute approximate surface area is 425 Å². The number of β-amino-alcohol motifs (C(OH)–C–C–N with tert-alkyl or cyclic N) is 1. The van der Waals surface area contributed by atoms with Gasteiger partial charge in [-0.1, -0.05) is 45.0 Å². The molecule has 4 amide bonds. The number of benzene rings is 5. The van der Waals surface area contributed by atoms with Crippen LogP contribution in [0, 0.1) is 12.3 Å². The molecule has 1 aliphatic heterocycles. The van der Waals surface area contributed by atoms with Crippen LogP contribution in [-0.4, -0.2) is 86.4 Å². The maximum atomic E-state index is 14.1. The van der Waals surface area contributed by atoms with E-state index in [2.05, 4.69) is 26.1 Å². The van der Waals surface area contributed by atoms with E-state index in [1.165, 1.54) is 22.5 Å². The molecular weight excluding hydrogens is 953 g/mol. The highest BCUT2D eigenvalue weighted by Gasteiger charge is 2.44. The molecule has 2 aromatic heterocycles. The van der Waals surface area contributed by atoms with Crippen molar-refractivity contribution in [1.82, 2.24) is 25.9 Å². The number of nitrogens with one attached hydrogen (secondary N) is 3. The van der Waals surface area contributed by atoms with Crippen LogP contribution in [0.25, 0.3) is 31.0 Å². The number of aromatic nitrogens is 1. The number of aliphatic hydroxyl groups excluding tert-OH is 1. The molecule has 4 atom stereocenters. The molecule has 0 aliphatic carbocycles. The number of hydrogen-bond acceptors (Lipinski definition) is 13. The van der Waals surface area contributed by atoms with Crippen LogP contribution in [0.4, 0.5) is 0 Å².